The van der Waals surface area contributed by atoms with Gasteiger partial charge in [-0.1, -0.05) is 17.7 Å². The maximum atomic E-state index is 13.0. The van der Waals surface area contributed by atoms with Crippen LogP contribution in [-0.4, -0.2) is 4.98 Å². The molecule has 0 aliphatic heterocycles. The first kappa shape index (κ1) is 14.4. The van der Waals surface area contributed by atoms with E-state index in [1.807, 2.05) is 37.3 Å². The molecule has 3 nitrogen and oxygen atoms in total. The van der Waals surface area contributed by atoms with Gasteiger partial charge in [0.15, 0.2) is 5.69 Å². The summed E-state index contributed by atoms with van der Waals surface area (Å²) in [5.74, 6) is -0.0174. The molecule has 108 valence electrons. The molecular weight excluding hydrogens is 299 g/mol. The van der Waals surface area contributed by atoms with E-state index < -0.39 is 0 Å². The van der Waals surface area contributed by atoms with Crippen molar-refractivity contribution < 1.29 is 8.81 Å². The molecular formula is C17H11FN2OS. The van der Waals surface area contributed by atoms with Crippen molar-refractivity contribution in [1.29, 1.82) is 5.26 Å². The fourth-order valence-electron chi connectivity index (χ4n) is 1.88. The van der Waals surface area contributed by atoms with Crippen LogP contribution in [0.5, 0.6) is 0 Å². The first-order valence-electron chi connectivity index (χ1n) is 6.57. The van der Waals surface area contributed by atoms with Gasteiger partial charge in [0, 0.05) is 10.5 Å². The Morgan fingerprint density at radius 3 is 2.41 bits per heavy atom. The highest BCUT2D eigenvalue weighted by Crippen LogP contribution is 2.33. The number of hydrogen-bond acceptors (Lipinski definition) is 4. The summed E-state index contributed by atoms with van der Waals surface area (Å²) in [5.41, 5.74) is 2.02. The molecule has 0 fully saturated rings. The quantitative estimate of drug-likeness (QED) is 0.696. The van der Waals surface area contributed by atoms with Gasteiger partial charge in [-0.2, -0.15) is 10.2 Å². The van der Waals surface area contributed by atoms with Crippen molar-refractivity contribution in [3.05, 3.63) is 65.6 Å². The van der Waals surface area contributed by atoms with Crippen LogP contribution in [0.25, 0.3) is 11.5 Å². The third kappa shape index (κ3) is 3.02. The minimum Gasteiger partial charge on any atom is -0.428 e. The van der Waals surface area contributed by atoms with Crippen LogP contribution in [0.15, 0.2) is 62.9 Å². The molecule has 0 aliphatic rings. The molecule has 0 unspecified atom stereocenters. The van der Waals surface area contributed by atoms with Crippen molar-refractivity contribution >= 4 is 11.8 Å². The molecule has 0 bridgehead atoms. The van der Waals surface area contributed by atoms with Crippen LogP contribution in [0.3, 0.4) is 0 Å². The van der Waals surface area contributed by atoms with Crippen molar-refractivity contribution in [2.45, 2.75) is 16.9 Å². The summed E-state index contributed by atoms with van der Waals surface area (Å²) in [7, 11) is 0. The van der Waals surface area contributed by atoms with Crippen LogP contribution in [0, 0.1) is 24.1 Å². The second-order valence-electron chi connectivity index (χ2n) is 4.69. The first-order chi connectivity index (χ1) is 10.7. The summed E-state index contributed by atoms with van der Waals surface area (Å²) >= 11 is 1.34. The fourth-order valence-corrected chi connectivity index (χ4v) is 2.67. The van der Waals surface area contributed by atoms with Crippen LogP contribution in [-0.2, 0) is 0 Å². The largest absolute Gasteiger partial charge is 0.428 e. The van der Waals surface area contributed by atoms with E-state index in [0.29, 0.717) is 16.5 Å². The van der Waals surface area contributed by atoms with Crippen molar-refractivity contribution in [2.24, 2.45) is 0 Å². The number of benzene rings is 2. The molecule has 2 aromatic carbocycles. The van der Waals surface area contributed by atoms with E-state index in [1.165, 1.54) is 23.9 Å². The van der Waals surface area contributed by atoms with E-state index >= 15 is 0 Å². The number of nitrogens with zero attached hydrogens (tertiary/aromatic N) is 2. The van der Waals surface area contributed by atoms with Gasteiger partial charge in [0.1, 0.15) is 11.9 Å². The fraction of sp³-hybridized carbons (Fsp3) is 0.0588. The summed E-state index contributed by atoms with van der Waals surface area (Å²) in [4.78, 5) is 5.13. The molecule has 22 heavy (non-hydrogen) atoms. The molecule has 5 heteroatoms. The van der Waals surface area contributed by atoms with Crippen molar-refractivity contribution in [3.8, 4) is 17.5 Å². The van der Waals surface area contributed by atoms with Crippen LogP contribution < -0.4 is 0 Å². The van der Waals surface area contributed by atoms with Gasteiger partial charge in [-0.3, -0.25) is 0 Å². The Labute approximate surface area is 131 Å². The Hall–Kier alpha value is -2.58. The predicted molar refractivity (Wildman–Crippen MR) is 81.9 cm³/mol. The third-order valence-electron chi connectivity index (χ3n) is 3.02. The zero-order chi connectivity index (χ0) is 15.5. The molecule has 0 aliphatic carbocycles. The minimum atomic E-state index is -0.329. The standard InChI is InChI=1S/C17H11FN2OS/c1-11-2-8-14(9-3-11)22-17-15(10-19)20-16(21-17)12-4-6-13(18)7-5-12/h2-9H,1H3. The monoisotopic (exact) mass is 310 g/mol. The minimum absolute atomic E-state index is 0.227. The van der Waals surface area contributed by atoms with Crippen molar-refractivity contribution in [2.75, 3.05) is 0 Å². The molecule has 0 saturated carbocycles. The molecule has 1 aromatic heterocycles. The second kappa shape index (κ2) is 6.04. The Morgan fingerprint density at radius 2 is 1.77 bits per heavy atom. The number of nitriles is 1. The van der Waals surface area contributed by atoms with E-state index in [4.69, 9.17) is 4.42 Å². The lowest BCUT2D eigenvalue weighted by molar-refractivity contribution is 0.483. The van der Waals surface area contributed by atoms with E-state index in [2.05, 4.69) is 4.98 Å². The average Bonchev–Trinajstić information content (AvgIpc) is 2.93. The van der Waals surface area contributed by atoms with E-state index in [0.717, 1.165) is 10.5 Å². The summed E-state index contributed by atoms with van der Waals surface area (Å²) in [6.45, 7) is 2.01. The second-order valence-corrected chi connectivity index (χ2v) is 5.74. The summed E-state index contributed by atoms with van der Waals surface area (Å²) in [5, 5.41) is 9.63. The van der Waals surface area contributed by atoms with Gasteiger partial charge in [-0.05, 0) is 55.1 Å². The van der Waals surface area contributed by atoms with E-state index in [9.17, 15) is 9.65 Å². The van der Waals surface area contributed by atoms with Crippen molar-refractivity contribution in [1.82, 2.24) is 4.98 Å². The lowest BCUT2D eigenvalue weighted by Gasteiger charge is -1.99. The maximum absolute atomic E-state index is 13.0. The number of halogens is 1. The van der Waals surface area contributed by atoms with Gasteiger partial charge in [-0.25, -0.2) is 4.39 Å². The molecule has 0 amide bonds. The average molecular weight is 310 g/mol. The molecule has 1 heterocycles. The molecule has 3 aromatic rings. The van der Waals surface area contributed by atoms with Gasteiger partial charge in [-0.15, -0.1) is 0 Å². The predicted octanol–water partition coefficient (Wildman–Crippen LogP) is 4.81. The van der Waals surface area contributed by atoms with E-state index in [-0.39, 0.29) is 11.5 Å². The molecule has 0 spiro atoms. The molecule has 0 atom stereocenters. The Morgan fingerprint density at radius 1 is 1.09 bits per heavy atom. The smallest absolute Gasteiger partial charge is 0.228 e. The van der Waals surface area contributed by atoms with Crippen LogP contribution in [0.2, 0.25) is 0 Å². The molecule has 0 radical (unpaired) electrons. The van der Waals surface area contributed by atoms with Gasteiger partial charge in [0.25, 0.3) is 0 Å². The van der Waals surface area contributed by atoms with Gasteiger partial charge in [0.05, 0.1) is 0 Å². The maximum Gasteiger partial charge on any atom is 0.228 e. The highest BCUT2D eigenvalue weighted by Gasteiger charge is 2.15. The normalized spacial score (nSPS) is 10.4. The molecule has 3 rings (SSSR count). The van der Waals surface area contributed by atoms with Crippen LogP contribution >= 0.6 is 11.8 Å². The van der Waals surface area contributed by atoms with Crippen LogP contribution in [0.1, 0.15) is 11.3 Å². The van der Waals surface area contributed by atoms with Gasteiger partial charge in [0.2, 0.25) is 11.0 Å². The molecule has 0 saturated heterocycles. The lowest BCUT2D eigenvalue weighted by atomic mass is 10.2. The Kier molecular flexibility index (Phi) is 3.94. The van der Waals surface area contributed by atoms with E-state index in [1.54, 1.807) is 12.1 Å². The zero-order valence-electron chi connectivity index (χ0n) is 11.7. The summed E-state index contributed by atoms with van der Waals surface area (Å²) < 4.78 is 18.6. The Balaban J connectivity index is 1.93. The zero-order valence-corrected chi connectivity index (χ0v) is 12.5. The highest BCUT2D eigenvalue weighted by molar-refractivity contribution is 7.99. The third-order valence-corrected chi connectivity index (χ3v) is 3.99. The van der Waals surface area contributed by atoms with Gasteiger partial charge >= 0.3 is 0 Å². The number of aryl methyl sites for hydroxylation is 1. The van der Waals surface area contributed by atoms with Crippen molar-refractivity contribution in [3.63, 3.8) is 0 Å². The lowest BCUT2D eigenvalue weighted by Crippen LogP contribution is -1.80. The molecule has 0 N–H and O–H groups in total. The number of hydrogen-bond donors (Lipinski definition) is 0. The summed E-state index contributed by atoms with van der Waals surface area (Å²) in [6, 6.07) is 15.7. The highest BCUT2D eigenvalue weighted by atomic mass is 32.2. The van der Waals surface area contributed by atoms with Gasteiger partial charge < -0.3 is 4.42 Å². The Bertz CT molecular complexity index is 833. The summed E-state index contributed by atoms with van der Waals surface area (Å²) in [6.07, 6.45) is 0. The topological polar surface area (TPSA) is 49.8 Å². The first-order valence-corrected chi connectivity index (χ1v) is 7.39. The SMILES string of the molecule is Cc1ccc(Sc2oc(-c3ccc(F)cc3)nc2C#N)cc1. The number of oxazole rings is 1. The number of rotatable bonds is 3. The number of aromatic nitrogens is 1. The van der Waals surface area contributed by atoms with Crippen LogP contribution in [0.4, 0.5) is 4.39 Å².